The van der Waals surface area contributed by atoms with Crippen LogP contribution in [0.2, 0.25) is 0 Å². The summed E-state index contributed by atoms with van der Waals surface area (Å²) in [7, 11) is 14.0. The van der Waals surface area contributed by atoms with Crippen molar-refractivity contribution in [3.8, 4) is 0 Å². The zero-order chi connectivity index (χ0) is 43.9. The van der Waals surface area contributed by atoms with Crippen LogP contribution in [0.15, 0.2) is 67.0 Å². The maximum atomic E-state index is 5.23. The van der Waals surface area contributed by atoms with Crippen molar-refractivity contribution in [2.45, 2.75) is 126 Å². The van der Waals surface area contributed by atoms with Gasteiger partial charge in [0.1, 0.15) is 0 Å². The summed E-state index contributed by atoms with van der Waals surface area (Å²) in [6.45, 7) is 8.59. The van der Waals surface area contributed by atoms with Gasteiger partial charge in [-0.2, -0.15) is 0 Å². The lowest BCUT2D eigenvalue weighted by atomic mass is 9.77. The second kappa shape index (κ2) is 19.1. The van der Waals surface area contributed by atoms with Crippen molar-refractivity contribution in [3.63, 3.8) is 0 Å². The molecule has 64 heavy (non-hydrogen) atoms. The number of nitrogens with one attached hydrogen (secondary N) is 2. The molecular formula is C54H76N10. The van der Waals surface area contributed by atoms with Gasteiger partial charge < -0.3 is 30.2 Å². The largest absolute Gasteiger partial charge is 0.371 e. The van der Waals surface area contributed by atoms with Crippen LogP contribution < -0.4 is 20.4 Å². The number of piperidine rings is 2. The Morgan fingerprint density at radius 1 is 0.594 bits per heavy atom. The van der Waals surface area contributed by atoms with Crippen molar-refractivity contribution in [1.29, 1.82) is 0 Å². The Kier molecular flexibility index (Phi) is 13.1. The van der Waals surface area contributed by atoms with Crippen LogP contribution in [0, 0.1) is 0 Å². The van der Waals surface area contributed by atoms with E-state index in [0.717, 1.165) is 58.3 Å². The Balaban J connectivity index is 0.878. The maximum absolute atomic E-state index is 5.23. The minimum Gasteiger partial charge on any atom is -0.371 e. The van der Waals surface area contributed by atoms with Crippen LogP contribution in [-0.2, 0) is 32.4 Å². The zero-order valence-corrected chi connectivity index (χ0v) is 39.9. The number of hydrogen-bond donors (Lipinski definition) is 2. The minimum absolute atomic E-state index is 0.303. The molecule has 6 heterocycles. The predicted molar refractivity (Wildman–Crippen MR) is 263 cm³/mol. The van der Waals surface area contributed by atoms with E-state index in [-0.39, 0.29) is 0 Å². The topological polar surface area (TPSA) is 69.3 Å². The van der Waals surface area contributed by atoms with Crippen LogP contribution in [0.3, 0.4) is 0 Å². The summed E-state index contributed by atoms with van der Waals surface area (Å²) >= 11 is 0. The molecule has 2 aromatic heterocycles. The molecule has 2 fully saturated rings. The highest BCUT2D eigenvalue weighted by atomic mass is 15.2. The van der Waals surface area contributed by atoms with Gasteiger partial charge in [0.25, 0.3) is 0 Å². The fourth-order valence-corrected chi connectivity index (χ4v) is 12.9. The number of nitrogens with zero attached hydrogens (tertiary/aromatic N) is 8. The van der Waals surface area contributed by atoms with Gasteiger partial charge in [-0.05, 0) is 188 Å². The van der Waals surface area contributed by atoms with Gasteiger partial charge in [0.05, 0.1) is 23.5 Å². The summed E-state index contributed by atoms with van der Waals surface area (Å²) in [6.07, 6.45) is 16.9. The van der Waals surface area contributed by atoms with E-state index < -0.39 is 0 Å². The number of fused-ring (bicyclic) bond motifs is 4. The van der Waals surface area contributed by atoms with E-state index in [1.165, 1.54) is 115 Å². The summed E-state index contributed by atoms with van der Waals surface area (Å²) in [6, 6.07) is 23.9. The van der Waals surface area contributed by atoms with E-state index in [9.17, 15) is 0 Å². The van der Waals surface area contributed by atoms with Gasteiger partial charge in [0.15, 0.2) is 0 Å². The third-order valence-electron chi connectivity index (χ3n) is 16.8. The van der Waals surface area contributed by atoms with E-state index in [0.29, 0.717) is 42.2 Å². The average Bonchev–Trinajstić information content (AvgIpc) is 3.33. The lowest BCUT2D eigenvalue weighted by Crippen LogP contribution is -2.46. The lowest BCUT2D eigenvalue weighted by molar-refractivity contribution is 0.187. The van der Waals surface area contributed by atoms with Crippen LogP contribution in [-0.4, -0.2) is 135 Å². The minimum atomic E-state index is 0.303. The summed E-state index contributed by atoms with van der Waals surface area (Å²) in [5.74, 6) is 0.336. The van der Waals surface area contributed by atoms with E-state index in [4.69, 9.17) is 9.97 Å². The molecule has 0 saturated carbocycles. The molecule has 6 aliphatic rings. The summed E-state index contributed by atoms with van der Waals surface area (Å²) in [5, 5.41) is 8.01. The summed E-state index contributed by atoms with van der Waals surface area (Å²) in [4.78, 5) is 25.6. The van der Waals surface area contributed by atoms with E-state index in [2.05, 4.69) is 137 Å². The van der Waals surface area contributed by atoms with Crippen molar-refractivity contribution >= 4 is 11.4 Å². The molecule has 4 aromatic rings. The highest BCUT2D eigenvalue weighted by Crippen LogP contribution is 2.45. The number of aromatic nitrogens is 2. The number of likely N-dealkylation sites (tertiary alicyclic amines) is 2. The third kappa shape index (κ3) is 9.00. The van der Waals surface area contributed by atoms with Gasteiger partial charge in [-0.15, -0.1) is 0 Å². The molecule has 0 spiro atoms. The Morgan fingerprint density at radius 2 is 1.17 bits per heavy atom. The Labute approximate surface area is 384 Å². The number of pyridine rings is 2. The van der Waals surface area contributed by atoms with Gasteiger partial charge >= 0.3 is 0 Å². The van der Waals surface area contributed by atoms with Crippen molar-refractivity contribution < 1.29 is 0 Å². The molecule has 2 aromatic carbocycles. The number of likely N-dealkylation sites (N-methyl/N-ethyl adjacent to an activating group) is 2. The molecule has 10 rings (SSSR count). The fraction of sp³-hybridized carbons (Fsp3) is 0.593. The second-order valence-corrected chi connectivity index (χ2v) is 20.9. The third-order valence-corrected chi connectivity index (χ3v) is 16.8. The van der Waals surface area contributed by atoms with E-state index in [1.807, 2.05) is 12.4 Å². The first kappa shape index (κ1) is 44.0. The fourth-order valence-electron chi connectivity index (χ4n) is 12.9. The molecule has 10 nitrogen and oxygen atoms in total. The number of anilines is 2. The molecule has 0 amide bonds. The monoisotopic (exact) mass is 865 g/mol. The zero-order valence-electron chi connectivity index (χ0n) is 39.9. The molecule has 10 heteroatoms. The first-order chi connectivity index (χ1) is 31.2. The van der Waals surface area contributed by atoms with Crippen molar-refractivity contribution in [3.05, 3.63) is 117 Å². The molecule has 2 saturated heterocycles. The Bertz CT molecular complexity index is 2230. The highest BCUT2D eigenvalue weighted by molar-refractivity contribution is 5.62. The number of hydrogen-bond acceptors (Lipinski definition) is 10. The molecule has 342 valence electrons. The van der Waals surface area contributed by atoms with Crippen molar-refractivity contribution in [1.82, 2.24) is 40.2 Å². The Morgan fingerprint density at radius 3 is 1.86 bits per heavy atom. The first-order valence-corrected chi connectivity index (χ1v) is 25.0. The average molecular weight is 865 g/mol. The molecule has 1 unspecified atom stereocenters. The molecule has 0 radical (unpaired) electrons. The summed E-state index contributed by atoms with van der Waals surface area (Å²) in [5.41, 5.74) is 15.9. The molecule has 2 aliphatic carbocycles. The smallest absolute Gasteiger partial charge is 0.0613 e. The normalized spacial score (nSPS) is 25.7. The van der Waals surface area contributed by atoms with Crippen LogP contribution in [0.1, 0.15) is 120 Å². The number of aryl methyl sites for hydroxylation is 1. The Hall–Kier alpha value is -3.90. The summed E-state index contributed by atoms with van der Waals surface area (Å²) < 4.78 is 0. The maximum Gasteiger partial charge on any atom is 0.0613 e. The van der Waals surface area contributed by atoms with E-state index >= 15 is 0 Å². The van der Waals surface area contributed by atoms with Crippen LogP contribution >= 0.6 is 0 Å². The van der Waals surface area contributed by atoms with Gasteiger partial charge in [-0.25, -0.2) is 0 Å². The van der Waals surface area contributed by atoms with Crippen LogP contribution in [0.25, 0.3) is 0 Å². The highest BCUT2D eigenvalue weighted by Gasteiger charge is 2.36. The van der Waals surface area contributed by atoms with Gasteiger partial charge in [0.2, 0.25) is 0 Å². The van der Waals surface area contributed by atoms with Gasteiger partial charge in [0, 0.05) is 94.1 Å². The van der Waals surface area contributed by atoms with Crippen LogP contribution in [0.4, 0.5) is 11.4 Å². The number of rotatable bonds is 11. The number of benzene rings is 2. The first-order valence-electron chi connectivity index (χ1n) is 25.0. The van der Waals surface area contributed by atoms with Gasteiger partial charge in [-0.3, -0.25) is 19.8 Å². The van der Waals surface area contributed by atoms with Crippen molar-refractivity contribution in [2.75, 3.05) is 91.4 Å². The molecular weight excluding hydrogens is 789 g/mol. The molecule has 5 atom stereocenters. The van der Waals surface area contributed by atoms with Crippen LogP contribution in [0.5, 0.6) is 0 Å². The quantitative estimate of drug-likeness (QED) is 0.162. The predicted octanol–water partition coefficient (Wildman–Crippen LogP) is 7.17. The molecule has 2 N–H and O–H groups in total. The van der Waals surface area contributed by atoms with Crippen molar-refractivity contribution in [2.24, 2.45) is 0 Å². The lowest BCUT2D eigenvalue weighted by Gasteiger charge is -2.41. The second-order valence-electron chi connectivity index (χ2n) is 20.9. The SMILES string of the molecule is CN1CCC(N(C)c2cc(C3CC[C@H](N(C)C[C@@H]4Cc5c(cccc5N(C)C5CCN(C)CC5)CN4)c4ncccc43)cc3c2C[C@H](CN(C)[C@H]2CCCc4cccnc42)NC3)CC1. The van der Waals surface area contributed by atoms with Gasteiger partial charge in [-0.1, -0.05) is 30.3 Å². The van der Waals surface area contributed by atoms with E-state index in [1.54, 1.807) is 11.1 Å². The standard InChI is InChI=1S/C54H76N10/c1-59-25-19-43(20-26-59)63(5)49-15-8-12-38-33-57-41(31-47(38)49)36-62(4)51-18-17-45(46-14-10-24-56-54(46)51)39-29-40-34-58-42(35-61(3)50-16-7-11-37-13-9-23-55-53(37)50)32-48(40)52(30-39)64(6)44-21-27-60(2)28-22-44/h8-10,12-15,23-24,29-30,41-45,50-51,57-58H,7,11,16-22,25-28,31-36H2,1-6H3/t41-,42+,45?,50-,51-/m0/s1. The molecule has 4 aliphatic heterocycles. The molecule has 0 bridgehead atoms.